The summed E-state index contributed by atoms with van der Waals surface area (Å²) in [4.78, 5) is 0. The molecule has 0 bridgehead atoms. The molecule has 0 spiro atoms. The van der Waals surface area contributed by atoms with E-state index in [1.165, 1.54) is 0 Å². The van der Waals surface area contributed by atoms with E-state index in [9.17, 15) is 0 Å². The van der Waals surface area contributed by atoms with Crippen LogP contribution in [0, 0.1) is 0 Å². The summed E-state index contributed by atoms with van der Waals surface area (Å²) in [5.74, 6) is 0. The topological polar surface area (TPSA) is 0 Å². The van der Waals surface area contributed by atoms with Gasteiger partial charge in [-0.05, 0) is 23.8 Å². The van der Waals surface area contributed by atoms with E-state index in [1.807, 2.05) is 54.6 Å². The lowest BCUT2D eigenvalue weighted by molar-refractivity contribution is 1.66. The Bertz CT molecular complexity index is 435. The molecule has 0 aliphatic rings. The molecule has 2 aromatic carbocycles. The molecule has 0 amide bonds. The van der Waals surface area contributed by atoms with Crippen LogP contribution in [0.15, 0.2) is 61.2 Å². The summed E-state index contributed by atoms with van der Waals surface area (Å²) in [7, 11) is 0. The summed E-state index contributed by atoms with van der Waals surface area (Å²) in [6, 6.07) is 17.0. The maximum atomic E-state index is 5.75. The minimum atomic E-state index is 0.757. The molecule has 0 fully saturated rings. The van der Waals surface area contributed by atoms with E-state index in [0.717, 1.165) is 15.6 Å². The molecule has 0 heterocycles. The molecule has 0 aliphatic carbocycles. The van der Waals surface area contributed by atoms with E-state index < -0.39 is 0 Å². The quantitative estimate of drug-likeness (QED) is 0.643. The molecule has 0 saturated heterocycles. The number of hydrogen-bond donors (Lipinski definition) is 0. The zero-order chi connectivity index (χ0) is 11.8. The van der Waals surface area contributed by atoms with E-state index >= 15 is 0 Å². The molecule has 0 aromatic heterocycles. The third-order valence-corrected chi connectivity index (χ3v) is 2.45. The van der Waals surface area contributed by atoms with Crippen LogP contribution in [-0.2, 0) is 0 Å². The highest BCUT2D eigenvalue weighted by Gasteiger charge is 1.89. The molecule has 2 heteroatoms. The van der Waals surface area contributed by atoms with Crippen LogP contribution in [0.2, 0.25) is 10.0 Å². The van der Waals surface area contributed by atoms with Crippen molar-refractivity contribution in [3.63, 3.8) is 0 Å². The monoisotopic (exact) mass is 250 g/mol. The van der Waals surface area contributed by atoms with Gasteiger partial charge in [0.1, 0.15) is 0 Å². The lowest BCUT2D eigenvalue weighted by atomic mass is 10.2. The number of halogens is 2. The molecule has 82 valence electrons. The zero-order valence-corrected chi connectivity index (χ0v) is 10.2. The zero-order valence-electron chi connectivity index (χ0n) is 8.74. The van der Waals surface area contributed by atoms with Gasteiger partial charge in [-0.2, -0.15) is 0 Å². The molecular formula is C14H12Cl2. The first-order chi connectivity index (χ1) is 7.74. The van der Waals surface area contributed by atoms with Crippen LogP contribution in [0.4, 0.5) is 0 Å². The molecule has 2 aromatic rings. The Morgan fingerprint density at radius 3 is 1.75 bits per heavy atom. The normalized spacial score (nSPS) is 8.88. The molecule has 0 radical (unpaired) electrons. The fourth-order valence-electron chi connectivity index (χ4n) is 1.06. The smallest absolute Gasteiger partial charge is 0.0478 e. The van der Waals surface area contributed by atoms with Gasteiger partial charge >= 0.3 is 0 Å². The van der Waals surface area contributed by atoms with Crippen molar-refractivity contribution in [1.82, 2.24) is 0 Å². The molecule has 0 atom stereocenters. The lowest BCUT2D eigenvalue weighted by Crippen LogP contribution is -1.69. The van der Waals surface area contributed by atoms with Crippen LogP contribution in [-0.4, -0.2) is 0 Å². The Labute approximate surface area is 106 Å². The lowest BCUT2D eigenvalue weighted by Gasteiger charge is -1.92. The predicted molar refractivity (Wildman–Crippen MR) is 73.0 cm³/mol. The molecule has 0 nitrogen and oxygen atoms in total. The van der Waals surface area contributed by atoms with Gasteiger partial charge in [-0.25, -0.2) is 0 Å². The van der Waals surface area contributed by atoms with Crippen molar-refractivity contribution in [1.29, 1.82) is 0 Å². The van der Waals surface area contributed by atoms with Gasteiger partial charge in [0, 0.05) is 10.0 Å². The standard InChI is InChI=1S/C8H7Cl.C6H5Cl/c1-2-7-5-3-4-6-8(7)9;7-6-4-2-1-3-5-6/h2-6H,1H2;1-5H. The largest absolute Gasteiger partial charge is 0.0984 e. The predicted octanol–water partition coefficient (Wildman–Crippen LogP) is 5.32. The number of benzene rings is 2. The van der Waals surface area contributed by atoms with Crippen molar-refractivity contribution < 1.29 is 0 Å². The Balaban J connectivity index is 0.000000165. The first-order valence-corrected chi connectivity index (χ1v) is 5.57. The van der Waals surface area contributed by atoms with Crippen LogP contribution in [0.5, 0.6) is 0 Å². The molecule has 0 unspecified atom stereocenters. The van der Waals surface area contributed by atoms with E-state index in [0.29, 0.717) is 0 Å². The highest BCUT2D eigenvalue weighted by Crippen LogP contribution is 2.14. The van der Waals surface area contributed by atoms with Crippen LogP contribution >= 0.6 is 23.2 Å². The van der Waals surface area contributed by atoms with E-state index in [2.05, 4.69) is 6.58 Å². The first-order valence-electron chi connectivity index (χ1n) is 4.81. The first kappa shape index (κ1) is 12.8. The van der Waals surface area contributed by atoms with Crippen LogP contribution in [0.3, 0.4) is 0 Å². The van der Waals surface area contributed by atoms with Gasteiger partial charge in [-0.1, -0.05) is 72.3 Å². The minimum absolute atomic E-state index is 0.757. The Morgan fingerprint density at radius 1 is 0.812 bits per heavy atom. The molecule has 2 rings (SSSR count). The van der Waals surface area contributed by atoms with Crippen LogP contribution in [0.1, 0.15) is 5.56 Å². The third kappa shape index (κ3) is 4.52. The second-order valence-corrected chi connectivity index (χ2v) is 3.86. The van der Waals surface area contributed by atoms with Gasteiger partial charge in [0.05, 0.1) is 0 Å². The molecule has 0 N–H and O–H groups in total. The van der Waals surface area contributed by atoms with Crippen molar-refractivity contribution in [3.05, 3.63) is 76.8 Å². The van der Waals surface area contributed by atoms with Crippen molar-refractivity contribution >= 4 is 29.3 Å². The molecule has 0 saturated carbocycles. The Hall–Kier alpha value is -1.24. The number of hydrogen-bond acceptors (Lipinski definition) is 0. The summed E-state index contributed by atoms with van der Waals surface area (Å²) >= 11 is 11.3. The average Bonchev–Trinajstić information content (AvgIpc) is 2.31. The van der Waals surface area contributed by atoms with Crippen molar-refractivity contribution in [2.75, 3.05) is 0 Å². The van der Waals surface area contributed by atoms with Crippen molar-refractivity contribution in [2.24, 2.45) is 0 Å². The summed E-state index contributed by atoms with van der Waals surface area (Å²) in [5, 5.41) is 1.55. The highest BCUT2D eigenvalue weighted by atomic mass is 35.5. The summed E-state index contributed by atoms with van der Waals surface area (Å²) in [5.41, 5.74) is 0.985. The van der Waals surface area contributed by atoms with Gasteiger partial charge < -0.3 is 0 Å². The van der Waals surface area contributed by atoms with E-state index in [-0.39, 0.29) is 0 Å². The number of rotatable bonds is 1. The average molecular weight is 251 g/mol. The molecular weight excluding hydrogens is 239 g/mol. The van der Waals surface area contributed by atoms with Crippen molar-refractivity contribution in [3.8, 4) is 0 Å². The third-order valence-electron chi connectivity index (χ3n) is 1.86. The SMILES string of the molecule is C=Cc1ccccc1Cl.Clc1ccccc1. The van der Waals surface area contributed by atoms with Gasteiger partial charge in [0.2, 0.25) is 0 Å². The molecule has 0 aliphatic heterocycles. The highest BCUT2D eigenvalue weighted by molar-refractivity contribution is 6.32. The maximum Gasteiger partial charge on any atom is 0.0478 e. The second kappa shape index (κ2) is 7.10. The summed E-state index contributed by atoms with van der Waals surface area (Å²) in [6.07, 6.45) is 1.74. The Morgan fingerprint density at radius 2 is 1.38 bits per heavy atom. The van der Waals surface area contributed by atoms with Crippen molar-refractivity contribution in [2.45, 2.75) is 0 Å². The van der Waals surface area contributed by atoms with Gasteiger partial charge in [0.15, 0.2) is 0 Å². The van der Waals surface area contributed by atoms with Gasteiger partial charge in [-0.3, -0.25) is 0 Å². The fraction of sp³-hybridized carbons (Fsp3) is 0. The fourth-order valence-corrected chi connectivity index (χ4v) is 1.41. The van der Waals surface area contributed by atoms with E-state index in [4.69, 9.17) is 23.2 Å². The maximum absolute atomic E-state index is 5.75. The Kier molecular flexibility index (Phi) is 5.69. The van der Waals surface area contributed by atoms with Crippen LogP contribution in [0.25, 0.3) is 6.08 Å². The van der Waals surface area contributed by atoms with E-state index in [1.54, 1.807) is 6.08 Å². The van der Waals surface area contributed by atoms with Gasteiger partial charge in [0.25, 0.3) is 0 Å². The van der Waals surface area contributed by atoms with Gasteiger partial charge in [-0.15, -0.1) is 0 Å². The minimum Gasteiger partial charge on any atom is -0.0984 e. The summed E-state index contributed by atoms with van der Waals surface area (Å²) in [6.45, 7) is 3.61. The second-order valence-electron chi connectivity index (χ2n) is 3.02. The molecule has 16 heavy (non-hydrogen) atoms. The summed E-state index contributed by atoms with van der Waals surface area (Å²) < 4.78 is 0. The van der Waals surface area contributed by atoms with Crippen LogP contribution < -0.4 is 0 Å².